The van der Waals surface area contributed by atoms with Crippen LogP contribution in [0.4, 0.5) is 0 Å². The second kappa shape index (κ2) is 10.9. The molecule has 4 nitrogen and oxygen atoms in total. The van der Waals surface area contributed by atoms with Crippen LogP contribution in [0.5, 0.6) is 17.2 Å². The fraction of sp³-hybridized carbons (Fsp3) is 0.280. The van der Waals surface area contributed by atoms with Crippen LogP contribution >= 0.6 is 11.6 Å². The van der Waals surface area contributed by atoms with Gasteiger partial charge in [-0.25, -0.2) is 0 Å². The predicted octanol–water partition coefficient (Wildman–Crippen LogP) is 5.58. The van der Waals surface area contributed by atoms with Crippen LogP contribution in [0, 0.1) is 6.92 Å². The topological polar surface area (TPSA) is 39.7 Å². The van der Waals surface area contributed by atoms with Crippen molar-refractivity contribution in [2.45, 2.75) is 26.5 Å². The monoisotopic (exact) mass is 425 g/mol. The highest BCUT2D eigenvalue weighted by Crippen LogP contribution is 2.34. The first-order valence-electron chi connectivity index (χ1n) is 9.98. The Bertz CT molecular complexity index is 957. The van der Waals surface area contributed by atoms with Gasteiger partial charge >= 0.3 is 0 Å². The Morgan fingerprint density at radius 3 is 2.30 bits per heavy atom. The second-order valence-electron chi connectivity index (χ2n) is 7.11. The molecule has 0 heterocycles. The predicted molar refractivity (Wildman–Crippen MR) is 122 cm³/mol. The smallest absolute Gasteiger partial charge is 0.163 e. The van der Waals surface area contributed by atoms with Crippen LogP contribution < -0.4 is 19.5 Å². The fourth-order valence-electron chi connectivity index (χ4n) is 3.19. The first kappa shape index (κ1) is 22.0. The number of ether oxygens (including phenoxy) is 3. The highest BCUT2D eigenvalue weighted by atomic mass is 35.5. The Kier molecular flexibility index (Phi) is 8.00. The number of benzene rings is 3. The van der Waals surface area contributed by atoms with Crippen LogP contribution in [0.1, 0.15) is 22.3 Å². The van der Waals surface area contributed by atoms with E-state index in [1.54, 1.807) is 14.2 Å². The third-order valence-corrected chi connectivity index (χ3v) is 5.28. The molecular weight excluding hydrogens is 398 g/mol. The van der Waals surface area contributed by atoms with Crippen LogP contribution in [-0.2, 0) is 19.6 Å². The number of nitrogens with one attached hydrogen (secondary N) is 1. The highest BCUT2D eigenvalue weighted by Gasteiger charge is 2.11. The molecule has 0 unspecified atom stereocenters. The number of aryl methyl sites for hydroxylation is 1. The molecular formula is C25H28ClNO3. The van der Waals surface area contributed by atoms with Gasteiger partial charge in [-0.15, -0.1) is 0 Å². The summed E-state index contributed by atoms with van der Waals surface area (Å²) in [5, 5.41) is 4.09. The first-order valence-corrected chi connectivity index (χ1v) is 10.4. The Morgan fingerprint density at radius 1 is 0.833 bits per heavy atom. The molecule has 0 saturated carbocycles. The lowest BCUT2D eigenvalue weighted by molar-refractivity contribution is 0.284. The van der Waals surface area contributed by atoms with Gasteiger partial charge in [0.05, 0.1) is 14.2 Å². The average molecular weight is 426 g/mol. The Labute approximate surface area is 183 Å². The summed E-state index contributed by atoms with van der Waals surface area (Å²) in [5.74, 6) is 2.22. The van der Waals surface area contributed by atoms with Crippen LogP contribution in [0.15, 0.2) is 60.7 Å². The lowest BCUT2D eigenvalue weighted by Gasteiger charge is -2.15. The van der Waals surface area contributed by atoms with Gasteiger partial charge in [-0.3, -0.25) is 0 Å². The molecule has 0 spiro atoms. The van der Waals surface area contributed by atoms with E-state index in [0.29, 0.717) is 29.7 Å². The summed E-state index contributed by atoms with van der Waals surface area (Å²) >= 11 is 6.51. The van der Waals surface area contributed by atoms with Crippen molar-refractivity contribution in [2.75, 3.05) is 20.8 Å². The molecule has 158 valence electrons. The molecule has 0 aliphatic heterocycles. The van der Waals surface area contributed by atoms with Crippen molar-refractivity contribution in [3.63, 3.8) is 0 Å². The fourth-order valence-corrected chi connectivity index (χ4v) is 3.41. The van der Waals surface area contributed by atoms with Gasteiger partial charge in [0, 0.05) is 17.6 Å². The van der Waals surface area contributed by atoms with Crippen molar-refractivity contribution >= 4 is 11.6 Å². The normalized spacial score (nSPS) is 10.7. The lowest BCUT2D eigenvalue weighted by Crippen LogP contribution is -2.17. The standard InChI is InChI=1S/C25H28ClNO3/c1-18-8-10-19(11-9-18)17-30-25-15-22(26)21(14-24(25)29-3)16-27-13-12-20-6-4-5-7-23(20)28-2/h4-11,14-15,27H,12-13,16-17H2,1-3H3. The van der Waals surface area contributed by atoms with Gasteiger partial charge in [0.15, 0.2) is 11.5 Å². The highest BCUT2D eigenvalue weighted by molar-refractivity contribution is 6.31. The van der Waals surface area contributed by atoms with E-state index >= 15 is 0 Å². The molecule has 1 N–H and O–H groups in total. The summed E-state index contributed by atoms with van der Waals surface area (Å²) in [5.41, 5.74) is 4.47. The molecule has 0 fully saturated rings. The van der Waals surface area contributed by atoms with Crippen LogP contribution in [0.2, 0.25) is 5.02 Å². The van der Waals surface area contributed by atoms with Crippen molar-refractivity contribution in [3.8, 4) is 17.2 Å². The lowest BCUT2D eigenvalue weighted by atomic mass is 10.1. The molecule has 0 amide bonds. The third-order valence-electron chi connectivity index (χ3n) is 4.93. The molecule has 0 saturated heterocycles. The van der Waals surface area contributed by atoms with E-state index in [1.807, 2.05) is 30.3 Å². The van der Waals surface area contributed by atoms with Gasteiger partial charge in [-0.1, -0.05) is 59.6 Å². The van der Waals surface area contributed by atoms with Crippen LogP contribution in [0.3, 0.4) is 0 Å². The summed E-state index contributed by atoms with van der Waals surface area (Å²) in [6.45, 7) is 3.98. The maximum Gasteiger partial charge on any atom is 0.163 e. The zero-order valence-corrected chi connectivity index (χ0v) is 18.5. The maximum absolute atomic E-state index is 6.51. The number of rotatable bonds is 10. The SMILES string of the molecule is COc1ccccc1CCNCc1cc(OC)c(OCc2ccc(C)cc2)cc1Cl. The summed E-state index contributed by atoms with van der Waals surface area (Å²) in [4.78, 5) is 0. The van der Waals surface area contributed by atoms with E-state index in [4.69, 9.17) is 25.8 Å². The minimum atomic E-state index is 0.462. The van der Waals surface area contributed by atoms with E-state index in [2.05, 4.69) is 42.6 Å². The van der Waals surface area contributed by atoms with E-state index < -0.39 is 0 Å². The molecule has 0 radical (unpaired) electrons. The molecule has 0 aliphatic rings. The van der Waals surface area contributed by atoms with E-state index in [-0.39, 0.29) is 0 Å². The van der Waals surface area contributed by atoms with Gasteiger partial charge < -0.3 is 19.5 Å². The van der Waals surface area contributed by atoms with Gasteiger partial charge in [-0.2, -0.15) is 0 Å². The summed E-state index contributed by atoms with van der Waals surface area (Å²) < 4.78 is 16.9. The molecule has 3 aromatic rings. The summed E-state index contributed by atoms with van der Waals surface area (Å²) in [7, 11) is 3.33. The minimum Gasteiger partial charge on any atom is -0.496 e. The van der Waals surface area contributed by atoms with Gasteiger partial charge in [0.2, 0.25) is 0 Å². The molecule has 0 atom stereocenters. The van der Waals surface area contributed by atoms with Gasteiger partial charge in [0.25, 0.3) is 0 Å². The van der Waals surface area contributed by atoms with E-state index in [9.17, 15) is 0 Å². The van der Waals surface area contributed by atoms with Crippen molar-refractivity contribution in [1.29, 1.82) is 0 Å². The van der Waals surface area contributed by atoms with Crippen molar-refractivity contribution in [2.24, 2.45) is 0 Å². The van der Waals surface area contributed by atoms with Crippen molar-refractivity contribution < 1.29 is 14.2 Å². The molecule has 0 aliphatic carbocycles. The van der Waals surface area contributed by atoms with Gasteiger partial charge in [0.1, 0.15) is 12.4 Å². The molecule has 3 rings (SSSR count). The number of hydrogen-bond donors (Lipinski definition) is 1. The number of methoxy groups -OCH3 is 2. The Balaban J connectivity index is 1.58. The number of halogens is 1. The first-order chi connectivity index (χ1) is 14.6. The van der Waals surface area contributed by atoms with Crippen molar-refractivity contribution in [3.05, 3.63) is 87.9 Å². The summed E-state index contributed by atoms with van der Waals surface area (Å²) in [6, 6.07) is 20.1. The second-order valence-corrected chi connectivity index (χ2v) is 7.51. The molecule has 3 aromatic carbocycles. The maximum atomic E-state index is 6.51. The minimum absolute atomic E-state index is 0.462. The Morgan fingerprint density at radius 2 is 1.57 bits per heavy atom. The average Bonchev–Trinajstić information content (AvgIpc) is 2.77. The van der Waals surface area contributed by atoms with Crippen molar-refractivity contribution in [1.82, 2.24) is 5.32 Å². The van der Waals surface area contributed by atoms with Gasteiger partial charge in [-0.05, 0) is 48.7 Å². The molecule has 30 heavy (non-hydrogen) atoms. The molecule has 0 aromatic heterocycles. The summed E-state index contributed by atoms with van der Waals surface area (Å²) in [6.07, 6.45) is 0.872. The zero-order valence-electron chi connectivity index (χ0n) is 17.7. The van der Waals surface area contributed by atoms with E-state index in [0.717, 1.165) is 29.8 Å². The quantitative estimate of drug-likeness (QED) is 0.430. The van der Waals surface area contributed by atoms with E-state index in [1.165, 1.54) is 11.1 Å². The Hall–Kier alpha value is -2.69. The number of para-hydroxylation sites is 1. The largest absolute Gasteiger partial charge is 0.496 e. The molecule has 0 bridgehead atoms. The number of hydrogen-bond acceptors (Lipinski definition) is 4. The zero-order chi connectivity index (χ0) is 21.3. The third kappa shape index (κ3) is 5.91. The van der Waals surface area contributed by atoms with Crippen LogP contribution in [-0.4, -0.2) is 20.8 Å². The molecule has 5 heteroatoms. The van der Waals surface area contributed by atoms with Crippen LogP contribution in [0.25, 0.3) is 0 Å².